The molecule has 0 aliphatic heterocycles. The van der Waals surface area contributed by atoms with Gasteiger partial charge in [0, 0.05) is 17.9 Å². The van der Waals surface area contributed by atoms with E-state index in [0.29, 0.717) is 5.56 Å². The maximum atomic E-state index is 12.4. The zero-order chi connectivity index (χ0) is 15.2. The molecule has 0 radical (unpaired) electrons. The fraction of sp³-hybridized carbons (Fsp3) is 0.294. The molecule has 0 aliphatic carbocycles. The summed E-state index contributed by atoms with van der Waals surface area (Å²) in [6.07, 6.45) is 0. The molecular formula is C17H23Cl2N3O. The number of carbonyl (C=O) groups excluding carboxylic acids is 1. The fourth-order valence-corrected chi connectivity index (χ4v) is 2.17. The Balaban J connectivity index is 0.00000242. The van der Waals surface area contributed by atoms with Crippen molar-refractivity contribution in [3.8, 4) is 0 Å². The topological polar surface area (TPSA) is 54.0 Å². The Hall–Kier alpha value is -1.62. The van der Waals surface area contributed by atoms with Gasteiger partial charge in [0.2, 0.25) is 0 Å². The number of pyridine rings is 1. The Morgan fingerprint density at radius 3 is 2.43 bits per heavy atom. The molecule has 0 unspecified atom stereocenters. The van der Waals surface area contributed by atoms with Crippen LogP contribution < -0.4 is 10.6 Å². The van der Waals surface area contributed by atoms with Gasteiger partial charge in [0.25, 0.3) is 5.91 Å². The van der Waals surface area contributed by atoms with Crippen LogP contribution in [0.15, 0.2) is 36.4 Å². The summed E-state index contributed by atoms with van der Waals surface area (Å²) in [5, 5.41) is 6.25. The molecule has 1 aromatic heterocycles. The first-order valence-electron chi connectivity index (χ1n) is 7.16. The molecule has 126 valence electrons. The lowest BCUT2D eigenvalue weighted by atomic mass is 10.1. The number of benzene rings is 1. The number of para-hydroxylation sites is 1. The molecule has 0 spiro atoms. The number of hydrogen-bond acceptors (Lipinski definition) is 3. The van der Waals surface area contributed by atoms with Crippen molar-refractivity contribution in [1.29, 1.82) is 0 Å². The first-order chi connectivity index (χ1) is 10.1. The fourth-order valence-electron chi connectivity index (χ4n) is 2.17. The van der Waals surface area contributed by atoms with E-state index in [1.807, 2.05) is 50.2 Å². The summed E-state index contributed by atoms with van der Waals surface area (Å²) in [7, 11) is 0. The van der Waals surface area contributed by atoms with Crippen molar-refractivity contribution < 1.29 is 4.79 Å². The minimum atomic E-state index is -0.121. The maximum absolute atomic E-state index is 12.4. The third-order valence-corrected chi connectivity index (χ3v) is 3.30. The Labute approximate surface area is 149 Å². The van der Waals surface area contributed by atoms with E-state index in [0.717, 1.165) is 35.7 Å². The predicted octanol–water partition coefficient (Wildman–Crippen LogP) is 3.90. The Bertz CT molecular complexity index is 647. The number of rotatable bonds is 5. The van der Waals surface area contributed by atoms with Gasteiger partial charge in [0.1, 0.15) is 0 Å². The summed E-state index contributed by atoms with van der Waals surface area (Å²) in [6, 6.07) is 11.5. The molecule has 0 saturated heterocycles. The van der Waals surface area contributed by atoms with Crippen LogP contribution in [-0.4, -0.2) is 17.4 Å². The van der Waals surface area contributed by atoms with Gasteiger partial charge in [0.05, 0.1) is 11.3 Å². The highest BCUT2D eigenvalue weighted by Crippen LogP contribution is 2.17. The number of amides is 1. The van der Waals surface area contributed by atoms with Crippen LogP contribution >= 0.6 is 24.8 Å². The standard InChI is InChI=1S/C17H21N3O.2ClH/c1-4-18-11-14-7-5-6-8-16(14)20-17(21)15-10-9-12(2)19-13(15)3;;/h5-10,18H,4,11H2,1-3H3,(H,20,21);2*1H. The number of halogens is 2. The minimum Gasteiger partial charge on any atom is -0.322 e. The summed E-state index contributed by atoms with van der Waals surface area (Å²) in [4.78, 5) is 16.7. The van der Waals surface area contributed by atoms with E-state index in [2.05, 4.69) is 22.5 Å². The molecule has 0 bridgehead atoms. The van der Waals surface area contributed by atoms with Crippen LogP contribution in [0.5, 0.6) is 0 Å². The van der Waals surface area contributed by atoms with Crippen LogP contribution in [0.2, 0.25) is 0 Å². The molecule has 4 nitrogen and oxygen atoms in total. The normalized spacial score (nSPS) is 9.52. The lowest BCUT2D eigenvalue weighted by Crippen LogP contribution is -2.18. The Kier molecular flexibility index (Phi) is 9.49. The number of anilines is 1. The molecule has 0 atom stereocenters. The van der Waals surface area contributed by atoms with Crippen LogP contribution in [0.4, 0.5) is 5.69 Å². The van der Waals surface area contributed by atoms with Gasteiger partial charge in [0.15, 0.2) is 0 Å². The predicted molar refractivity (Wildman–Crippen MR) is 100.0 cm³/mol. The molecule has 0 saturated carbocycles. The second kappa shape index (κ2) is 10.2. The van der Waals surface area contributed by atoms with E-state index < -0.39 is 0 Å². The molecular weight excluding hydrogens is 333 g/mol. The highest BCUT2D eigenvalue weighted by atomic mass is 35.5. The van der Waals surface area contributed by atoms with Gasteiger partial charge in [-0.3, -0.25) is 9.78 Å². The van der Waals surface area contributed by atoms with E-state index in [-0.39, 0.29) is 30.7 Å². The average Bonchev–Trinajstić information content (AvgIpc) is 2.46. The van der Waals surface area contributed by atoms with E-state index in [1.165, 1.54) is 0 Å². The van der Waals surface area contributed by atoms with E-state index in [1.54, 1.807) is 0 Å². The molecule has 6 heteroatoms. The summed E-state index contributed by atoms with van der Waals surface area (Å²) in [5.41, 5.74) is 4.18. The Morgan fingerprint density at radius 2 is 1.78 bits per heavy atom. The van der Waals surface area contributed by atoms with Gasteiger partial charge in [-0.15, -0.1) is 24.8 Å². The molecule has 0 aliphatic rings. The zero-order valence-corrected chi connectivity index (χ0v) is 15.2. The number of carbonyl (C=O) groups is 1. The van der Waals surface area contributed by atoms with Crippen LogP contribution in [0.25, 0.3) is 0 Å². The molecule has 2 aromatic rings. The van der Waals surface area contributed by atoms with Crippen LogP contribution in [-0.2, 0) is 6.54 Å². The van der Waals surface area contributed by atoms with Gasteiger partial charge in [-0.1, -0.05) is 25.1 Å². The van der Waals surface area contributed by atoms with Gasteiger partial charge >= 0.3 is 0 Å². The average molecular weight is 356 g/mol. The zero-order valence-electron chi connectivity index (χ0n) is 13.6. The molecule has 23 heavy (non-hydrogen) atoms. The highest BCUT2D eigenvalue weighted by Gasteiger charge is 2.12. The first kappa shape index (κ1) is 21.4. The SMILES string of the molecule is CCNCc1ccccc1NC(=O)c1ccc(C)nc1C.Cl.Cl. The first-order valence-corrected chi connectivity index (χ1v) is 7.16. The van der Waals surface area contributed by atoms with E-state index in [4.69, 9.17) is 0 Å². The smallest absolute Gasteiger partial charge is 0.257 e. The molecule has 2 N–H and O–H groups in total. The number of aromatic nitrogens is 1. The van der Waals surface area contributed by atoms with Crippen LogP contribution in [0, 0.1) is 13.8 Å². The summed E-state index contributed by atoms with van der Waals surface area (Å²) >= 11 is 0. The maximum Gasteiger partial charge on any atom is 0.257 e. The van der Waals surface area contributed by atoms with Crippen molar-refractivity contribution in [2.45, 2.75) is 27.3 Å². The molecule has 1 amide bonds. The molecule has 2 rings (SSSR count). The molecule has 1 heterocycles. The lowest BCUT2D eigenvalue weighted by Gasteiger charge is -2.12. The number of hydrogen-bond donors (Lipinski definition) is 2. The van der Waals surface area contributed by atoms with E-state index >= 15 is 0 Å². The lowest BCUT2D eigenvalue weighted by molar-refractivity contribution is 0.102. The molecule has 0 fully saturated rings. The minimum absolute atomic E-state index is 0. The third kappa shape index (κ3) is 5.82. The quantitative estimate of drug-likeness (QED) is 0.854. The second-order valence-corrected chi connectivity index (χ2v) is 4.98. The van der Waals surface area contributed by atoms with Gasteiger partial charge in [-0.05, 0) is 44.2 Å². The Morgan fingerprint density at radius 1 is 1.09 bits per heavy atom. The second-order valence-electron chi connectivity index (χ2n) is 4.98. The molecule has 1 aromatic carbocycles. The van der Waals surface area contributed by atoms with Gasteiger partial charge < -0.3 is 10.6 Å². The third-order valence-electron chi connectivity index (χ3n) is 3.30. The van der Waals surface area contributed by atoms with Crippen molar-refractivity contribution in [2.75, 3.05) is 11.9 Å². The summed E-state index contributed by atoms with van der Waals surface area (Å²) in [6.45, 7) is 7.46. The number of nitrogens with zero attached hydrogens (tertiary/aromatic N) is 1. The highest BCUT2D eigenvalue weighted by molar-refractivity contribution is 6.05. The van der Waals surface area contributed by atoms with Gasteiger partial charge in [-0.25, -0.2) is 0 Å². The van der Waals surface area contributed by atoms with Crippen molar-refractivity contribution in [2.24, 2.45) is 0 Å². The van der Waals surface area contributed by atoms with Crippen molar-refractivity contribution in [3.63, 3.8) is 0 Å². The van der Waals surface area contributed by atoms with Crippen molar-refractivity contribution in [3.05, 3.63) is 58.9 Å². The van der Waals surface area contributed by atoms with Crippen molar-refractivity contribution >= 4 is 36.4 Å². The largest absolute Gasteiger partial charge is 0.322 e. The summed E-state index contributed by atoms with van der Waals surface area (Å²) < 4.78 is 0. The van der Waals surface area contributed by atoms with Crippen LogP contribution in [0.3, 0.4) is 0 Å². The van der Waals surface area contributed by atoms with Gasteiger partial charge in [-0.2, -0.15) is 0 Å². The van der Waals surface area contributed by atoms with Crippen molar-refractivity contribution in [1.82, 2.24) is 10.3 Å². The summed E-state index contributed by atoms with van der Waals surface area (Å²) in [5.74, 6) is -0.121. The number of aryl methyl sites for hydroxylation is 2. The van der Waals surface area contributed by atoms with E-state index in [9.17, 15) is 4.79 Å². The monoisotopic (exact) mass is 355 g/mol. The number of nitrogens with one attached hydrogen (secondary N) is 2. The van der Waals surface area contributed by atoms with Crippen LogP contribution in [0.1, 0.15) is 34.2 Å².